The van der Waals surface area contributed by atoms with Gasteiger partial charge in [-0.3, -0.25) is 4.79 Å². The van der Waals surface area contributed by atoms with Crippen molar-refractivity contribution in [3.8, 4) is 17.2 Å². The van der Waals surface area contributed by atoms with E-state index in [4.69, 9.17) is 13.9 Å². The van der Waals surface area contributed by atoms with Crippen molar-refractivity contribution in [2.45, 2.75) is 25.3 Å². The number of phenolic OH excluding ortho intramolecular Hbond substituents is 1. The van der Waals surface area contributed by atoms with Crippen LogP contribution in [0.15, 0.2) is 63.9 Å². The van der Waals surface area contributed by atoms with E-state index in [2.05, 4.69) is 5.32 Å². The number of carbonyl (C=O) groups excluding carboxylic acids is 1. The molecule has 3 rings (SSSR count). The molecule has 0 aliphatic rings. The van der Waals surface area contributed by atoms with Gasteiger partial charge in [0.2, 0.25) is 0 Å². The van der Waals surface area contributed by atoms with Crippen LogP contribution in [-0.2, 0) is 16.4 Å². The zero-order valence-electron chi connectivity index (χ0n) is 17.1. The number of rotatable bonds is 9. The lowest BCUT2D eigenvalue weighted by Crippen LogP contribution is -2.12. The van der Waals surface area contributed by atoms with Crippen LogP contribution in [0.25, 0.3) is 0 Å². The highest BCUT2D eigenvalue weighted by atomic mass is 32.2. The normalized spacial score (nSPS) is 11.2. The van der Waals surface area contributed by atoms with Gasteiger partial charge in [-0.1, -0.05) is 6.92 Å². The first-order valence-corrected chi connectivity index (χ1v) is 11.3. The lowest BCUT2D eigenvalue weighted by molar-refractivity contribution is 0.0992. The van der Waals surface area contributed by atoms with Gasteiger partial charge in [-0.15, -0.1) is 0 Å². The summed E-state index contributed by atoms with van der Waals surface area (Å²) in [5, 5.41) is 12.4. The zero-order valence-corrected chi connectivity index (χ0v) is 17.9. The van der Waals surface area contributed by atoms with Gasteiger partial charge in [0, 0.05) is 0 Å². The summed E-state index contributed by atoms with van der Waals surface area (Å²) in [6.45, 7) is 4.10. The molecule has 0 spiro atoms. The average Bonchev–Trinajstić information content (AvgIpc) is 3.24. The highest BCUT2D eigenvalue weighted by molar-refractivity contribution is 7.91. The minimum atomic E-state index is -3.48. The van der Waals surface area contributed by atoms with Crippen LogP contribution in [0.2, 0.25) is 0 Å². The van der Waals surface area contributed by atoms with Gasteiger partial charge in [0.25, 0.3) is 5.91 Å². The number of carbonyl (C=O) groups is 1. The molecule has 0 bridgehead atoms. The Morgan fingerprint density at radius 2 is 1.68 bits per heavy atom. The maximum absolute atomic E-state index is 12.5. The summed E-state index contributed by atoms with van der Waals surface area (Å²) in [4.78, 5) is 12.5. The predicted molar refractivity (Wildman–Crippen MR) is 114 cm³/mol. The molecule has 9 heteroatoms. The lowest BCUT2D eigenvalue weighted by atomic mass is 10.3. The Kier molecular flexibility index (Phi) is 6.86. The quantitative estimate of drug-likeness (QED) is 0.478. The van der Waals surface area contributed by atoms with E-state index < -0.39 is 15.7 Å². The van der Waals surface area contributed by atoms with Crippen molar-refractivity contribution in [2.75, 3.05) is 17.7 Å². The van der Waals surface area contributed by atoms with Crippen LogP contribution in [0.5, 0.6) is 17.2 Å². The smallest absolute Gasteiger partial charge is 0.291 e. The minimum absolute atomic E-state index is 0.00607. The molecule has 1 aromatic heterocycles. The Labute approximate surface area is 180 Å². The number of benzene rings is 2. The Morgan fingerprint density at radius 1 is 1.00 bits per heavy atom. The second-order valence-corrected chi connectivity index (χ2v) is 8.77. The number of nitrogens with one attached hydrogen (secondary N) is 1. The summed E-state index contributed by atoms with van der Waals surface area (Å²) < 4.78 is 40.6. The van der Waals surface area contributed by atoms with Crippen molar-refractivity contribution in [2.24, 2.45) is 0 Å². The van der Waals surface area contributed by atoms with E-state index >= 15 is 0 Å². The van der Waals surface area contributed by atoms with Crippen molar-refractivity contribution in [3.05, 3.63) is 66.1 Å². The van der Waals surface area contributed by atoms with Crippen LogP contribution in [0.4, 0.5) is 5.69 Å². The first-order valence-electron chi connectivity index (χ1n) is 9.64. The van der Waals surface area contributed by atoms with Crippen LogP contribution in [0, 0.1) is 0 Å². The number of sulfone groups is 1. The molecule has 0 saturated heterocycles. The highest BCUT2D eigenvalue weighted by Crippen LogP contribution is 2.28. The topological polar surface area (TPSA) is 115 Å². The number of phenols is 1. The molecule has 0 fully saturated rings. The Morgan fingerprint density at radius 3 is 2.32 bits per heavy atom. The molecule has 8 nitrogen and oxygen atoms in total. The Bertz CT molecular complexity index is 1150. The van der Waals surface area contributed by atoms with Crippen molar-refractivity contribution >= 4 is 21.4 Å². The molecule has 0 aliphatic heterocycles. The fraction of sp³-hybridized carbons (Fsp3) is 0.227. The second kappa shape index (κ2) is 9.57. The number of aromatic hydroxyl groups is 1. The largest absolute Gasteiger partial charge is 0.506 e. The summed E-state index contributed by atoms with van der Waals surface area (Å²) in [5.74, 6) is 0.790. The van der Waals surface area contributed by atoms with Gasteiger partial charge in [-0.25, -0.2) is 8.42 Å². The Hall–Kier alpha value is -3.46. The van der Waals surface area contributed by atoms with Crippen molar-refractivity contribution < 1.29 is 32.2 Å². The molecular formula is C22H23NO7S. The van der Waals surface area contributed by atoms with Crippen LogP contribution >= 0.6 is 0 Å². The SMILES string of the molecule is CCOc1ccc(OCc2ccc(C(=O)Nc3cc(S(=O)(=O)CC)ccc3O)o2)cc1. The average molecular weight is 445 g/mol. The van der Waals surface area contributed by atoms with Crippen LogP contribution in [0.1, 0.15) is 30.2 Å². The van der Waals surface area contributed by atoms with E-state index in [1.807, 2.05) is 6.92 Å². The van der Waals surface area contributed by atoms with E-state index in [-0.39, 0.29) is 34.5 Å². The minimum Gasteiger partial charge on any atom is -0.506 e. The fourth-order valence-corrected chi connectivity index (χ4v) is 3.60. The van der Waals surface area contributed by atoms with Crippen molar-refractivity contribution in [3.63, 3.8) is 0 Å². The molecule has 2 N–H and O–H groups in total. The van der Waals surface area contributed by atoms with E-state index in [0.717, 1.165) is 5.75 Å². The zero-order chi connectivity index (χ0) is 22.4. The number of amides is 1. The van der Waals surface area contributed by atoms with Gasteiger partial charge < -0.3 is 24.3 Å². The van der Waals surface area contributed by atoms with Gasteiger partial charge in [0.1, 0.15) is 29.6 Å². The molecular weight excluding hydrogens is 422 g/mol. The fourth-order valence-electron chi connectivity index (χ4n) is 2.69. The Balaban J connectivity index is 1.64. The van der Waals surface area contributed by atoms with E-state index in [9.17, 15) is 18.3 Å². The van der Waals surface area contributed by atoms with E-state index in [1.165, 1.54) is 31.2 Å². The first-order chi connectivity index (χ1) is 14.8. The monoisotopic (exact) mass is 445 g/mol. The lowest BCUT2D eigenvalue weighted by Gasteiger charge is -2.09. The highest BCUT2D eigenvalue weighted by Gasteiger charge is 2.17. The standard InChI is InChI=1S/C22H23NO7S/c1-3-28-15-5-7-16(8-6-15)29-14-17-9-12-21(30-17)22(25)23-19-13-18(10-11-20(19)24)31(26,27)4-2/h5-13,24H,3-4,14H2,1-2H3,(H,23,25). The van der Waals surface area contributed by atoms with E-state index in [0.29, 0.717) is 18.1 Å². The molecule has 1 amide bonds. The van der Waals surface area contributed by atoms with Gasteiger partial charge in [0.05, 0.1) is 22.9 Å². The third kappa shape index (κ3) is 5.58. The van der Waals surface area contributed by atoms with Gasteiger partial charge >= 0.3 is 0 Å². The van der Waals surface area contributed by atoms with Crippen LogP contribution in [0.3, 0.4) is 0 Å². The summed E-state index contributed by atoms with van der Waals surface area (Å²) in [6.07, 6.45) is 0. The molecule has 2 aromatic carbocycles. The number of furan rings is 1. The van der Waals surface area contributed by atoms with Gasteiger partial charge in [-0.05, 0) is 61.5 Å². The molecule has 0 radical (unpaired) electrons. The van der Waals surface area contributed by atoms with Gasteiger partial charge in [0.15, 0.2) is 15.6 Å². The molecule has 0 saturated carbocycles. The summed E-state index contributed by atoms with van der Waals surface area (Å²) in [6, 6.07) is 13.9. The summed E-state index contributed by atoms with van der Waals surface area (Å²) >= 11 is 0. The molecule has 0 aliphatic carbocycles. The van der Waals surface area contributed by atoms with Crippen molar-refractivity contribution in [1.29, 1.82) is 0 Å². The molecule has 164 valence electrons. The number of hydrogen-bond donors (Lipinski definition) is 2. The second-order valence-electron chi connectivity index (χ2n) is 6.50. The molecule has 0 atom stereocenters. The van der Waals surface area contributed by atoms with Crippen LogP contribution in [-0.4, -0.2) is 31.8 Å². The van der Waals surface area contributed by atoms with E-state index in [1.54, 1.807) is 30.3 Å². The maximum atomic E-state index is 12.5. The molecule has 3 aromatic rings. The number of hydrogen-bond acceptors (Lipinski definition) is 7. The molecule has 0 unspecified atom stereocenters. The predicted octanol–water partition coefficient (Wildman–Crippen LogP) is 4.01. The third-order valence-electron chi connectivity index (χ3n) is 4.36. The maximum Gasteiger partial charge on any atom is 0.291 e. The summed E-state index contributed by atoms with van der Waals surface area (Å²) in [5.41, 5.74) is -0.0249. The molecule has 1 heterocycles. The third-order valence-corrected chi connectivity index (χ3v) is 6.09. The number of anilines is 1. The van der Waals surface area contributed by atoms with Crippen molar-refractivity contribution in [1.82, 2.24) is 0 Å². The summed E-state index contributed by atoms with van der Waals surface area (Å²) in [7, 11) is -3.48. The van der Waals surface area contributed by atoms with Crippen LogP contribution < -0.4 is 14.8 Å². The number of ether oxygens (including phenoxy) is 2. The van der Waals surface area contributed by atoms with Gasteiger partial charge in [-0.2, -0.15) is 0 Å². The molecule has 31 heavy (non-hydrogen) atoms. The first kappa shape index (κ1) is 22.2.